The van der Waals surface area contributed by atoms with Crippen molar-refractivity contribution in [2.24, 2.45) is 5.10 Å². The van der Waals surface area contributed by atoms with Crippen LogP contribution >= 0.6 is 15.9 Å². The van der Waals surface area contributed by atoms with E-state index in [1.807, 2.05) is 13.8 Å². The molecule has 0 unspecified atom stereocenters. The summed E-state index contributed by atoms with van der Waals surface area (Å²) in [5.41, 5.74) is 3.50. The van der Waals surface area contributed by atoms with Crippen LogP contribution in [0.2, 0.25) is 0 Å². The van der Waals surface area contributed by atoms with Crippen LogP contribution in [0.15, 0.2) is 52.0 Å². The van der Waals surface area contributed by atoms with E-state index in [1.165, 1.54) is 18.3 Å². The van der Waals surface area contributed by atoms with Gasteiger partial charge in [-0.3, -0.25) is 4.79 Å². The van der Waals surface area contributed by atoms with E-state index in [0.717, 1.165) is 4.47 Å². The number of nitrogens with zero attached hydrogens (tertiary/aromatic N) is 1. The average molecular weight is 379 g/mol. The highest BCUT2D eigenvalue weighted by Gasteiger charge is 2.13. The minimum absolute atomic E-state index is 0.0505. The Balaban J connectivity index is 2.10. The standard InChI is InChI=1S/C17H16BrFN2O2/c1-11(2)23-16-8-5-13(18)9-15(16)17(22)21-20-10-12-3-6-14(19)7-4-12/h3-11H,1-2H3,(H,21,22). The van der Waals surface area contributed by atoms with Crippen LogP contribution in [0, 0.1) is 5.82 Å². The van der Waals surface area contributed by atoms with E-state index in [1.54, 1.807) is 30.3 Å². The minimum Gasteiger partial charge on any atom is -0.490 e. The lowest BCUT2D eigenvalue weighted by atomic mass is 10.2. The molecule has 0 saturated heterocycles. The summed E-state index contributed by atoms with van der Waals surface area (Å²) >= 11 is 3.33. The molecule has 0 radical (unpaired) electrons. The van der Waals surface area contributed by atoms with Crippen molar-refractivity contribution >= 4 is 28.1 Å². The van der Waals surface area contributed by atoms with E-state index >= 15 is 0 Å². The summed E-state index contributed by atoms with van der Waals surface area (Å²) in [5, 5.41) is 3.88. The number of carbonyl (C=O) groups excluding carboxylic acids is 1. The van der Waals surface area contributed by atoms with Crippen LogP contribution < -0.4 is 10.2 Å². The van der Waals surface area contributed by atoms with Gasteiger partial charge in [-0.1, -0.05) is 28.1 Å². The van der Waals surface area contributed by atoms with Gasteiger partial charge in [0.15, 0.2) is 0 Å². The van der Waals surface area contributed by atoms with Crippen LogP contribution in [0.3, 0.4) is 0 Å². The Morgan fingerprint density at radius 1 is 1.26 bits per heavy atom. The maximum Gasteiger partial charge on any atom is 0.275 e. The molecule has 1 N–H and O–H groups in total. The topological polar surface area (TPSA) is 50.7 Å². The molecule has 4 nitrogen and oxygen atoms in total. The van der Waals surface area contributed by atoms with Gasteiger partial charge in [0.05, 0.1) is 17.9 Å². The molecule has 0 bridgehead atoms. The van der Waals surface area contributed by atoms with E-state index in [-0.39, 0.29) is 17.8 Å². The van der Waals surface area contributed by atoms with E-state index in [4.69, 9.17) is 4.74 Å². The summed E-state index contributed by atoms with van der Waals surface area (Å²) in [7, 11) is 0. The van der Waals surface area contributed by atoms with Gasteiger partial charge in [0.2, 0.25) is 0 Å². The lowest BCUT2D eigenvalue weighted by Gasteiger charge is -2.13. The lowest BCUT2D eigenvalue weighted by molar-refractivity contribution is 0.0949. The maximum atomic E-state index is 12.8. The summed E-state index contributed by atoms with van der Waals surface area (Å²) in [6.45, 7) is 3.77. The van der Waals surface area contributed by atoms with Crippen molar-refractivity contribution < 1.29 is 13.9 Å². The Kier molecular flexibility index (Phi) is 5.87. The normalized spacial score (nSPS) is 11.0. The fraction of sp³-hybridized carbons (Fsp3) is 0.176. The zero-order chi connectivity index (χ0) is 16.8. The molecule has 0 aliphatic rings. The highest BCUT2D eigenvalue weighted by atomic mass is 79.9. The second kappa shape index (κ2) is 7.87. The molecule has 0 aromatic heterocycles. The number of hydrogen-bond acceptors (Lipinski definition) is 3. The Bertz CT molecular complexity index is 715. The second-order valence-corrected chi connectivity index (χ2v) is 5.97. The molecule has 0 atom stereocenters. The Morgan fingerprint density at radius 3 is 2.61 bits per heavy atom. The Morgan fingerprint density at radius 2 is 1.96 bits per heavy atom. The van der Waals surface area contributed by atoms with E-state index in [2.05, 4.69) is 26.5 Å². The van der Waals surface area contributed by atoms with Crippen molar-refractivity contribution in [1.82, 2.24) is 5.43 Å². The average Bonchev–Trinajstić information content (AvgIpc) is 2.50. The van der Waals surface area contributed by atoms with Gasteiger partial charge < -0.3 is 4.74 Å². The van der Waals surface area contributed by atoms with Crippen LogP contribution in [0.5, 0.6) is 5.75 Å². The first kappa shape index (κ1) is 17.1. The molecule has 0 fully saturated rings. The number of rotatable bonds is 5. The van der Waals surface area contributed by atoms with Gasteiger partial charge in [-0.2, -0.15) is 5.10 Å². The van der Waals surface area contributed by atoms with Crippen molar-refractivity contribution in [2.75, 3.05) is 0 Å². The number of halogens is 2. The fourth-order valence-electron chi connectivity index (χ4n) is 1.81. The smallest absolute Gasteiger partial charge is 0.275 e. The van der Waals surface area contributed by atoms with Gasteiger partial charge >= 0.3 is 0 Å². The highest BCUT2D eigenvalue weighted by molar-refractivity contribution is 9.10. The largest absolute Gasteiger partial charge is 0.490 e. The third-order valence-electron chi connectivity index (χ3n) is 2.80. The van der Waals surface area contributed by atoms with Crippen molar-refractivity contribution in [3.8, 4) is 5.75 Å². The molecule has 1 amide bonds. The van der Waals surface area contributed by atoms with E-state index < -0.39 is 0 Å². The zero-order valence-electron chi connectivity index (χ0n) is 12.7. The molecule has 2 aromatic carbocycles. The molecule has 0 spiro atoms. The first-order chi connectivity index (χ1) is 11.0. The van der Waals surface area contributed by atoms with Gasteiger partial charge in [0.1, 0.15) is 11.6 Å². The monoisotopic (exact) mass is 378 g/mol. The number of amides is 1. The number of hydrogen-bond donors (Lipinski definition) is 1. The van der Waals surface area contributed by atoms with Crippen molar-refractivity contribution in [1.29, 1.82) is 0 Å². The molecule has 0 aliphatic carbocycles. The number of benzene rings is 2. The summed E-state index contributed by atoms with van der Waals surface area (Å²) in [6, 6.07) is 11.0. The molecule has 0 heterocycles. The first-order valence-corrected chi connectivity index (χ1v) is 7.80. The number of hydrazone groups is 1. The number of ether oxygens (including phenoxy) is 1. The third kappa shape index (κ3) is 5.17. The fourth-order valence-corrected chi connectivity index (χ4v) is 2.17. The predicted molar refractivity (Wildman–Crippen MR) is 91.4 cm³/mol. The Hall–Kier alpha value is -2.21. The summed E-state index contributed by atoms with van der Waals surface area (Å²) in [5.74, 6) is -0.228. The zero-order valence-corrected chi connectivity index (χ0v) is 14.3. The Labute approximate surface area is 142 Å². The highest BCUT2D eigenvalue weighted by Crippen LogP contribution is 2.24. The van der Waals surface area contributed by atoms with Crippen LogP contribution in [0.1, 0.15) is 29.8 Å². The minimum atomic E-state index is -0.389. The van der Waals surface area contributed by atoms with Gasteiger partial charge in [0, 0.05) is 4.47 Å². The van der Waals surface area contributed by atoms with Crippen LogP contribution in [-0.4, -0.2) is 18.2 Å². The molecule has 0 saturated carbocycles. The SMILES string of the molecule is CC(C)Oc1ccc(Br)cc1C(=O)NN=Cc1ccc(F)cc1. The van der Waals surface area contributed by atoms with Crippen LogP contribution in [0.25, 0.3) is 0 Å². The molecule has 120 valence electrons. The van der Waals surface area contributed by atoms with Crippen molar-refractivity contribution in [3.63, 3.8) is 0 Å². The van der Waals surface area contributed by atoms with E-state index in [0.29, 0.717) is 16.9 Å². The molecule has 23 heavy (non-hydrogen) atoms. The lowest BCUT2D eigenvalue weighted by Crippen LogP contribution is -2.20. The second-order valence-electron chi connectivity index (χ2n) is 5.06. The van der Waals surface area contributed by atoms with Gasteiger partial charge in [0.25, 0.3) is 5.91 Å². The molecule has 2 aromatic rings. The summed E-state index contributed by atoms with van der Waals surface area (Å²) < 4.78 is 19.2. The molecular weight excluding hydrogens is 363 g/mol. The maximum absolute atomic E-state index is 12.8. The number of carbonyl (C=O) groups is 1. The van der Waals surface area contributed by atoms with Gasteiger partial charge in [-0.25, -0.2) is 9.82 Å². The quantitative estimate of drug-likeness (QED) is 0.627. The molecular formula is C17H16BrFN2O2. The van der Waals surface area contributed by atoms with Gasteiger partial charge in [-0.15, -0.1) is 0 Å². The van der Waals surface area contributed by atoms with Crippen molar-refractivity contribution in [2.45, 2.75) is 20.0 Å². The predicted octanol–water partition coefficient (Wildman–Crippen LogP) is 4.14. The van der Waals surface area contributed by atoms with Crippen LogP contribution in [-0.2, 0) is 0 Å². The molecule has 6 heteroatoms. The van der Waals surface area contributed by atoms with Crippen molar-refractivity contribution in [3.05, 3.63) is 63.9 Å². The third-order valence-corrected chi connectivity index (χ3v) is 3.29. The summed E-state index contributed by atoms with van der Waals surface area (Å²) in [6.07, 6.45) is 1.39. The summed E-state index contributed by atoms with van der Waals surface area (Å²) in [4.78, 5) is 12.3. The molecule has 2 rings (SSSR count). The molecule has 0 aliphatic heterocycles. The van der Waals surface area contributed by atoms with Gasteiger partial charge in [-0.05, 0) is 49.7 Å². The number of nitrogens with one attached hydrogen (secondary N) is 1. The van der Waals surface area contributed by atoms with E-state index in [9.17, 15) is 9.18 Å². The van der Waals surface area contributed by atoms with Crippen LogP contribution in [0.4, 0.5) is 4.39 Å². The first-order valence-electron chi connectivity index (χ1n) is 7.01.